The molecule has 0 saturated heterocycles. The monoisotopic (exact) mass is 376 g/mol. The second kappa shape index (κ2) is 7.86. The number of amides is 1. The minimum Gasteiger partial charge on any atom is -0.477 e. The van der Waals surface area contributed by atoms with Crippen molar-refractivity contribution >= 4 is 28.7 Å². The van der Waals surface area contributed by atoms with Crippen LogP contribution in [0.1, 0.15) is 5.56 Å². The molecule has 2 aromatic carbocycles. The maximum atomic E-state index is 12.0. The average Bonchev–Trinajstić information content (AvgIpc) is 2.60. The van der Waals surface area contributed by atoms with E-state index in [1.165, 1.54) is 12.1 Å². The van der Waals surface area contributed by atoms with Crippen molar-refractivity contribution in [3.8, 4) is 5.75 Å². The van der Waals surface area contributed by atoms with Crippen LogP contribution in [0.25, 0.3) is 0 Å². The van der Waals surface area contributed by atoms with Gasteiger partial charge in [-0.3, -0.25) is 35.1 Å². The lowest BCUT2D eigenvalue weighted by molar-refractivity contribution is -0.394. The molecule has 0 aromatic heterocycles. The molecule has 0 radical (unpaired) electrons. The molecule has 0 bridgehead atoms. The molecule has 0 aliphatic carbocycles. The van der Waals surface area contributed by atoms with Gasteiger partial charge in [0.05, 0.1) is 20.8 Å². The molecule has 0 unspecified atom stereocenters. The Morgan fingerprint density at radius 1 is 0.963 bits per heavy atom. The van der Waals surface area contributed by atoms with E-state index in [-0.39, 0.29) is 17.1 Å². The second-order valence-corrected chi connectivity index (χ2v) is 5.28. The zero-order chi connectivity index (χ0) is 20.1. The Hall–Kier alpha value is -4.09. The number of aryl methyl sites for hydroxylation is 1. The highest BCUT2D eigenvalue weighted by atomic mass is 16.6. The summed E-state index contributed by atoms with van der Waals surface area (Å²) in [6.07, 6.45) is 0. The maximum Gasteiger partial charge on any atom is 0.317 e. The van der Waals surface area contributed by atoms with Gasteiger partial charge in [-0.15, -0.1) is 0 Å². The number of non-ortho nitro benzene ring substituents is 1. The highest BCUT2D eigenvalue weighted by Crippen LogP contribution is 2.31. The summed E-state index contributed by atoms with van der Waals surface area (Å²) in [6.45, 7) is 0.957. The number of carbonyl (C=O) groups is 1. The minimum atomic E-state index is -0.884. The molecule has 1 N–H and O–H groups in total. The molecular weight excluding hydrogens is 364 g/mol. The molecule has 0 spiro atoms. The highest BCUT2D eigenvalue weighted by molar-refractivity contribution is 5.94. The quantitative estimate of drug-likeness (QED) is 0.568. The van der Waals surface area contributed by atoms with Crippen LogP contribution in [0.4, 0.5) is 22.7 Å². The predicted molar refractivity (Wildman–Crippen MR) is 91.7 cm³/mol. The number of hydrogen-bond donors (Lipinski definition) is 1. The zero-order valence-electron chi connectivity index (χ0n) is 13.8. The molecule has 1 amide bonds. The lowest BCUT2D eigenvalue weighted by atomic mass is 10.2. The van der Waals surface area contributed by atoms with E-state index in [2.05, 4.69) is 5.32 Å². The lowest BCUT2D eigenvalue weighted by Crippen LogP contribution is -2.21. The van der Waals surface area contributed by atoms with E-state index in [9.17, 15) is 35.1 Å². The van der Waals surface area contributed by atoms with Crippen molar-refractivity contribution in [3.05, 3.63) is 72.3 Å². The number of nitrogens with one attached hydrogen (secondary N) is 1. The number of hydrogen-bond acceptors (Lipinski definition) is 8. The predicted octanol–water partition coefficient (Wildman–Crippen LogP) is 2.74. The van der Waals surface area contributed by atoms with Crippen molar-refractivity contribution in [1.29, 1.82) is 0 Å². The van der Waals surface area contributed by atoms with E-state index < -0.39 is 38.7 Å². The molecule has 2 aromatic rings. The molecular formula is C15H12N4O8. The third-order valence-corrected chi connectivity index (χ3v) is 3.33. The third kappa shape index (κ3) is 4.72. The number of benzene rings is 2. The van der Waals surface area contributed by atoms with Crippen molar-refractivity contribution in [1.82, 2.24) is 0 Å². The number of carbonyl (C=O) groups excluding carboxylic acids is 1. The van der Waals surface area contributed by atoms with E-state index in [1.54, 1.807) is 13.0 Å². The summed E-state index contributed by atoms with van der Waals surface area (Å²) in [6, 6.07) is 6.88. The van der Waals surface area contributed by atoms with Gasteiger partial charge in [-0.1, -0.05) is 6.07 Å². The van der Waals surface area contributed by atoms with Gasteiger partial charge in [0.15, 0.2) is 12.4 Å². The summed E-state index contributed by atoms with van der Waals surface area (Å²) in [5.74, 6) is -1.14. The summed E-state index contributed by atoms with van der Waals surface area (Å²) in [5, 5.41) is 35.0. The topological polar surface area (TPSA) is 168 Å². The fourth-order valence-corrected chi connectivity index (χ4v) is 2.11. The Morgan fingerprint density at radius 3 is 2.22 bits per heavy atom. The molecule has 12 heteroatoms. The maximum absolute atomic E-state index is 12.0. The van der Waals surface area contributed by atoms with Crippen LogP contribution in [0.15, 0.2) is 36.4 Å². The van der Waals surface area contributed by atoms with Gasteiger partial charge in [-0.25, -0.2) is 0 Å². The van der Waals surface area contributed by atoms with Crippen LogP contribution in [-0.2, 0) is 4.79 Å². The van der Waals surface area contributed by atoms with Gasteiger partial charge < -0.3 is 10.1 Å². The van der Waals surface area contributed by atoms with Gasteiger partial charge in [0.1, 0.15) is 5.69 Å². The van der Waals surface area contributed by atoms with Gasteiger partial charge in [-0.2, -0.15) is 0 Å². The zero-order valence-corrected chi connectivity index (χ0v) is 13.8. The number of nitrogens with zero attached hydrogens (tertiary/aromatic N) is 3. The molecule has 0 atom stereocenters. The number of anilines is 1. The lowest BCUT2D eigenvalue weighted by Gasteiger charge is -2.08. The van der Waals surface area contributed by atoms with Crippen molar-refractivity contribution < 1.29 is 24.3 Å². The largest absolute Gasteiger partial charge is 0.477 e. The summed E-state index contributed by atoms with van der Waals surface area (Å²) >= 11 is 0. The van der Waals surface area contributed by atoms with Crippen molar-refractivity contribution in [2.24, 2.45) is 0 Å². The normalized spacial score (nSPS) is 10.1. The molecule has 140 valence electrons. The smallest absolute Gasteiger partial charge is 0.317 e. The van der Waals surface area contributed by atoms with Crippen LogP contribution >= 0.6 is 0 Å². The Bertz CT molecular complexity index is 943. The van der Waals surface area contributed by atoms with Crippen molar-refractivity contribution in [3.63, 3.8) is 0 Å². The Balaban J connectivity index is 2.14. The van der Waals surface area contributed by atoms with Crippen LogP contribution in [-0.4, -0.2) is 27.3 Å². The van der Waals surface area contributed by atoms with Gasteiger partial charge >= 0.3 is 5.69 Å². The molecule has 0 aliphatic heterocycles. The Labute approximate surface area is 150 Å². The van der Waals surface area contributed by atoms with E-state index in [1.807, 2.05) is 0 Å². The first-order valence-electron chi connectivity index (χ1n) is 7.29. The standard InChI is InChI=1S/C15H12N4O8/c1-9-2-4-11(12(6-9)18(23)24)16-15(20)8-27-14-5-3-10(17(21)22)7-13(14)19(25)26/h2-7H,8H2,1H3,(H,16,20). The van der Waals surface area contributed by atoms with Gasteiger partial charge in [0.2, 0.25) is 0 Å². The fourth-order valence-electron chi connectivity index (χ4n) is 2.11. The van der Waals surface area contributed by atoms with Gasteiger partial charge in [-0.05, 0) is 24.6 Å². The first-order chi connectivity index (χ1) is 12.7. The van der Waals surface area contributed by atoms with Gasteiger partial charge in [0.25, 0.3) is 17.3 Å². The Morgan fingerprint density at radius 2 is 1.63 bits per heavy atom. The van der Waals surface area contributed by atoms with Crippen LogP contribution < -0.4 is 10.1 Å². The van der Waals surface area contributed by atoms with E-state index in [0.29, 0.717) is 11.6 Å². The fraction of sp³-hybridized carbons (Fsp3) is 0.133. The first kappa shape index (κ1) is 19.2. The van der Waals surface area contributed by atoms with Gasteiger partial charge in [0, 0.05) is 12.1 Å². The van der Waals surface area contributed by atoms with Crippen molar-refractivity contribution in [2.75, 3.05) is 11.9 Å². The molecule has 2 rings (SSSR count). The van der Waals surface area contributed by atoms with E-state index >= 15 is 0 Å². The summed E-state index contributed by atoms with van der Waals surface area (Å²) in [4.78, 5) is 42.3. The van der Waals surface area contributed by atoms with Crippen LogP contribution in [0.2, 0.25) is 0 Å². The minimum absolute atomic E-state index is 0.0580. The van der Waals surface area contributed by atoms with Crippen molar-refractivity contribution in [2.45, 2.75) is 6.92 Å². The number of nitro groups is 3. The van der Waals surface area contributed by atoms with E-state index in [0.717, 1.165) is 12.1 Å². The molecule has 0 fully saturated rings. The number of ether oxygens (including phenoxy) is 1. The SMILES string of the molecule is Cc1ccc(NC(=O)COc2ccc([N+](=O)[O-])cc2[N+](=O)[O-])c([N+](=O)[O-])c1. The summed E-state index contributed by atoms with van der Waals surface area (Å²) in [7, 11) is 0. The molecule has 27 heavy (non-hydrogen) atoms. The third-order valence-electron chi connectivity index (χ3n) is 3.33. The number of nitro benzene ring substituents is 3. The summed E-state index contributed by atoms with van der Waals surface area (Å²) < 4.78 is 5.05. The average molecular weight is 376 g/mol. The number of rotatable bonds is 7. The van der Waals surface area contributed by atoms with Crippen LogP contribution in [0, 0.1) is 37.3 Å². The highest BCUT2D eigenvalue weighted by Gasteiger charge is 2.22. The summed E-state index contributed by atoms with van der Waals surface area (Å²) in [5.41, 5.74) is -0.938. The molecule has 0 heterocycles. The van der Waals surface area contributed by atoms with Crippen LogP contribution in [0.3, 0.4) is 0 Å². The first-order valence-corrected chi connectivity index (χ1v) is 7.29. The second-order valence-electron chi connectivity index (χ2n) is 5.28. The molecule has 12 nitrogen and oxygen atoms in total. The van der Waals surface area contributed by atoms with E-state index in [4.69, 9.17) is 4.74 Å². The Kier molecular flexibility index (Phi) is 5.60. The molecule has 0 aliphatic rings. The van der Waals surface area contributed by atoms with Crippen LogP contribution in [0.5, 0.6) is 5.75 Å². The molecule has 0 saturated carbocycles.